The monoisotopic (exact) mass is 282 g/mol. The molecule has 0 aromatic carbocycles. The van der Waals surface area contributed by atoms with E-state index in [1.165, 1.54) is 31.4 Å². The highest BCUT2D eigenvalue weighted by Crippen LogP contribution is 2.23. The van der Waals surface area contributed by atoms with E-state index >= 15 is 0 Å². The molecule has 1 unspecified atom stereocenters. The van der Waals surface area contributed by atoms with Gasteiger partial charge in [-0.05, 0) is 30.4 Å². The molecule has 1 aliphatic heterocycles. The smallest absolute Gasteiger partial charge is 0.128 e. The first-order valence-electron chi connectivity index (χ1n) is 6.09. The molecule has 88 valence electrons. The van der Waals surface area contributed by atoms with Gasteiger partial charge in [0.15, 0.2) is 0 Å². The van der Waals surface area contributed by atoms with Crippen molar-refractivity contribution in [2.24, 2.45) is 5.92 Å². The van der Waals surface area contributed by atoms with Gasteiger partial charge in [0.1, 0.15) is 5.82 Å². The maximum Gasteiger partial charge on any atom is 0.128 e. The van der Waals surface area contributed by atoms with Crippen molar-refractivity contribution >= 4 is 21.7 Å². The second-order valence-electron chi connectivity index (χ2n) is 4.52. The molecular formula is C13H19BrN2. The van der Waals surface area contributed by atoms with Crippen LogP contribution in [0.1, 0.15) is 31.7 Å². The summed E-state index contributed by atoms with van der Waals surface area (Å²) >= 11 is 3.45. The number of piperidine rings is 1. The second-order valence-corrected chi connectivity index (χ2v) is 5.08. The minimum Gasteiger partial charge on any atom is -0.356 e. The fraction of sp³-hybridized carbons (Fsp3) is 0.615. The zero-order valence-corrected chi connectivity index (χ0v) is 11.4. The molecule has 0 aliphatic carbocycles. The SMILES string of the molecule is CCC1CCCN(c2ccc(CBr)cn2)C1. The van der Waals surface area contributed by atoms with Crippen molar-refractivity contribution < 1.29 is 0 Å². The third kappa shape index (κ3) is 2.76. The van der Waals surface area contributed by atoms with Crippen LogP contribution < -0.4 is 4.90 Å². The summed E-state index contributed by atoms with van der Waals surface area (Å²) in [6.07, 6.45) is 5.95. The van der Waals surface area contributed by atoms with Crippen LogP contribution in [-0.2, 0) is 5.33 Å². The van der Waals surface area contributed by atoms with Crippen LogP contribution in [0.4, 0.5) is 5.82 Å². The van der Waals surface area contributed by atoms with Crippen LogP contribution in [0.5, 0.6) is 0 Å². The molecule has 0 amide bonds. The lowest BCUT2D eigenvalue weighted by molar-refractivity contribution is 0.403. The van der Waals surface area contributed by atoms with E-state index in [9.17, 15) is 0 Å². The Bertz CT molecular complexity index is 323. The van der Waals surface area contributed by atoms with Crippen molar-refractivity contribution in [1.29, 1.82) is 0 Å². The molecule has 1 atom stereocenters. The van der Waals surface area contributed by atoms with Crippen molar-refractivity contribution in [3.05, 3.63) is 23.9 Å². The van der Waals surface area contributed by atoms with E-state index in [-0.39, 0.29) is 0 Å². The number of halogens is 1. The average molecular weight is 283 g/mol. The lowest BCUT2D eigenvalue weighted by atomic mass is 9.96. The van der Waals surface area contributed by atoms with E-state index in [0.29, 0.717) is 0 Å². The molecule has 0 N–H and O–H groups in total. The number of hydrogen-bond acceptors (Lipinski definition) is 2. The van der Waals surface area contributed by atoms with E-state index in [2.05, 4.69) is 44.9 Å². The van der Waals surface area contributed by atoms with E-state index in [1.807, 2.05) is 6.20 Å². The summed E-state index contributed by atoms with van der Waals surface area (Å²) in [5.74, 6) is 1.99. The predicted octanol–water partition coefficient (Wildman–Crippen LogP) is 3.60. The molecular weight excluding hydrogens is 264 g/mol. The summed E-state index contributed by atoms with van der Waals surface area (Å²) in [6.45, 7) is 4.63. The molecule has 2 heterocycles. The van der Waals surface area contributed by atoms with Crippen molar-refractivity contribution in [3.63, 3.8) is 0 Å². The topological polar surface area (TPSA) is 16.1 Å². The molecule has 0 saturated carbocycles. The summed E-state index contributed by atoms with van der Waals surface area (Å²) in [4.78, 5) is 6.96. The Balaban J connectivity index is 2.05. The van der Waals surface area contributed by atoms with Crippen LogP contribution >= 0.6 is 15.9 Å². The Morgan fingerprint density at radius 3 is 3.00 bits per heavy atom. The average Bonchev–Trinajstić information content (AvgIpc) is 2.39. The maximum atomic E-state index is 4.54. The summed E-state index contributed by atoms with van der Waals surface area (Å²) in [6, 6.07) is 4.31. The molecule has 1 aromatic rings. The summed E-state index contributed by atoms with van der Waals surface area (Å²) in [5.41, 5.74) is 1.24. The highest BCUT2D eigenvalue weighted by molar-refractivity contribution is 9.08. The third-order valence-corrected chi connectivity index (χ3v) is 4.03. The molecule has 3 heteroatoms. The number of alkyl halides is 1. The van der Waals surface area contributed by atoms with Gasteiger partial charge in [-0.25, -0.2) is 4.98 Å². The summed E-state index contributed by atoms with van der Waals surface area (Å²) in [5, 5.41) is 0.887. The molecule has 1 fully saturated rings. The van der Waals surface area contributed by atoms with E-state index in [1.54, 1.807) is 0 Å². The summed E-state index contributed by atoms with van der Waals surface area (Å²) < 4.78 is 0. The highest BCUT2D eigenvalue weighted by atomic mass is 79.9. The van der Waals surface area contributed by atoms with E-state index < -0.39 is 0 Å². The number of hydrogen-bond donors (Lipinski definition) is 0. The number of rotatable bonds is 3. The minimum absolute atomic E-state index is 0.853. The molecule has 0 spiro atoms. The van der Waals surface area contributed by atoms with E-state index in [4.69, 9.17) is 0 Å². The van der Waals surface area contributed by atoms with Crippen molar-refractivity contribution in [3.8, 4) is 0 Å². The number of anilines is 1. The second kappa shape index (κ2) is 5.67. The fourth-order valence-electron chi connectivity index (χ4n) is 2.29. The number of pyridine rings is 1. The van der Waals surface area contributed by atoms with Crippen molar-refractivity contribution in [2.75, 3.05) is 18.0 Å². The first-order valence-corrected chi connectivity index (χ1v) is 7.21. The number of aromatic nitrogens is 1. The Morgan fingerprint density at radius 1 is 1.50 bits per heavy atom. The Hall–Kier alpha value is -0.570. The largest absolute Gasteiger partial charge is 0.356 e. The molecule has 2 nitrogen and oxygen atoms in total. The maximum absolute atomic E-state index is 4.54. The molecule has 0 radical (unpaired) electrons. The van der Waals surface area contributed by atoms with Gasteiger partial charge in [-0.2, -0.15) is 0 Å². The van der Waals surface area contributed by atoms with Crippen LogP contribution in [-0.4, -0.2) is 18.1 Å². The van der Waals surface area contributed by atoms with Crippen molar-refractivity contribution in [1.82, 2.24) is 4.98 Å². The Labute approximate surface area is 106 Å². The Morgan fingerprint density at radius 2 is 2.38 bits per heavy atom. The standard InChI is InChI=1S/C13H19BrN2/c1-2-11-4-3-7-16(10-11)13-6-5-12(8-14)9-15-13/h5-6,9,11H,2-4,7-8,10H2,1H3. The lowest BCUT2D eigenvalue weighted by Crippen LogP contribution is -2.35. The fourth-order valence-corrected chi connectivity index (χ4v) is 2.62. The lowest BCUT2D eigenvalue weighted by Gasteiger charge is -2.33. The summed E-state index contributed by atoms with van der Waals surface area (Å²) in [7, 11) is 0. The van der Waals surface area contributed by atoms with Gasteiger partial charge >= 0.3 is 0 Å². The highest BCUT2D eigenvalue weighted by Gasteiger charge is 2.19. The molecule has 0 bridgehead atoms. The Kier molecular flexibility index (Phi) is 4.22. The molecule has 1 aliphatic rings. The molecule has 1 aromatic heterocycles. The van der Waals surface area contributed by atoms with Gasteiger partial charge < -0.3 is 4.90 Å². The van der Waals surface area contributed by atoms with Gasteiger partial charge in [-0.15, -0.1) is 0 Å². The third-order valence-electron chi connectivity index (χ3n) is 3.38. The van der Waals surface area contributed by atoms with Crippen LogP contribution in [0, 0.1) is 5.92 Å². The molecule has 16 heavy (non-hydrogen) atoms. The normalized spacial score (nSPS) is 21.1. The molecule has 2 rings (SSSR count). The van der Waals surface area contributed by atoms with Gasteiger partial charge in [0.2, 0.25) is 0 Å². The van der Waals surface area contributed by atoms with Crippen LogP contribution in [0.15, 0.2) is 18.3 Å². The first-order chi connectivity index (χ1) is 7.83. The van der Waals surface area contributed by atoms with Crippen molar-refractivity contribution in [2.45, 2.75) is 31.5 Å². The number of nitrogens with zero attached hydrogens (tertiary/aromatic N) is 2. The van der Waals surface area contributed by atoms with Gasteiger partial charge in [0, 0.05) is 24.6 Å². The van der Waals surface area contributed by atoms with E-state index in [0.717, 1.165) is 23.6 Å². The zero-order chi connectivity index (χ0) is 11.4. The predicted molar refractivity (Wildman–Crippen MR) is 72.1 cm³/mol. The van der Waals surface area contributed by atoms with Crippen LogP contribution in [0.25, 0.3) is 0 Å². The zero-order valence-electron chi connectivity index (χ0n) is 9.82. The minimum atomic E-state index is 0.853. The van der Waals surface area contributed by atoms with Gasteiger partial charge in [-0.3, -0.25) is 0 Å². The van der Waals surface area contributed by atoms with Gasteiger partial charge in [0.25, 0.3) is 0 Å². The van der Waals surface area contributed by atoms with Gasteiger partial charge in [0.05, 0.1) is 0 Å². The van der Waals surface area contributed by atoms with Crippen LogP contribution in [0.3, 0.4) is 0 Å². The van der Waals surface area contributed by atoms with Gasteiger partial charge in [-0.1, -0.05) is 35.3 Å². The van der Waals surface area contributed by atoms with Crippen LogP contribution in [0.2, 0.25) is 0 Å². The quantitative estimate of drug-likeness (QED) is 0.788. The molecule has 1 saturated heterocycles. The first kappa shape index (κ1) is 11.9.